The van der Waals surface area contributed by atoms with Crippen LogP contribution in [0.3, 0.4) is 0 Å². The van der Waals surface area contributed by atoms with Gasteiger partial charge in [-0.3, -0.25) is 9.69 Å². The van der Waals surface area contributed by atoms with E-state index < -0.39 is 0 Å². The fraction of sp³-hybridized carbons (Fsp3) is 0.458. The molecule has 5 heteroatoms. The van der Waals surface area contributed by atoms with Crippen molar-refractivity contribution in [3.05, 3.63) is 59.7 Å². The lowest BCUT2D eigenvalue weighted by molar-refractivity contribution is 0.0938. The highest BCUT2D eigenvalue weighted by Gasteiger charge is 2.24. The van der Waals surface area contributed by atoms with Gasteiger partial charge in [0.05, 0.1) is 12.1 Å². The van der Waals surface area contributed by atoms with Crippen LogP contribution in [0.1, 0.15) is 48.7 Å². The molecule has 2 aromatic rings. The first-order valence-corrected chi connectivity index (χ1v) is 10.5. The highest BCUT2D eigenvalue weighted by molar-refractivity contribution is 5.94. The van der Waals surface area contributed by atoms with Crippen molar-refractivity contribution in [3.63, 3.8) is 0 Å². The molecule has 1 amide bonds. The normalized spacial score (nSPS) is 15.3. The Bertz CT molecular complexity index is 779. The molecule has 3 rings (SSSR count). The zero-order valence-electron chi connectivity index (χ0n) is 18.0. The molecule has 1 fully saturated rings. The Hall–Kier alpha value is -2.53. The second-order valence-electron chi connectivity index (χ2n) is 8.15. The average molecular weight is 396 g/mol. The summed E-state index contributed by atoms with van der Waals surface area (Å²) in [5.41, 5.74) is 3.09. The summed E-state index contributed by atoms with van der Waals surface area (Å²) in [6, 6.07) is 16.2. The van der Waals surface area contributed by atoms with Crippen LogP contribution in [0.15, 0.2) is 48.5 Å². The second-order valence-corrected chi connectivity index (χ2v) is 8.15. The van der Waals surface area contributed by atoms with E-state index in [0.717, 1.165) is 18.8 Å². The van der Waals surface area contributed by atoms with Crippen LogP contribution in [0, 0.1) is 0 Å². The monoisotopic (exact) mass is 395 g/mol. The number of rotatable bonds is 8. The molecular formula is C24H33N3O2. The summed E-state index contributed by atoms with van der Waals surface area (Å²) in [6.45, 7) is 6.74. The van der Waals surface area contributed by atoms with Crippen LogP contribution in [-0.4, -0.2) is 50.6 Å². The highest BCUT2D eigenvalue weighted by atomic mass is 16.5. The molecule has 29 heavy (non-hydrogen) atoms. The summed E-state index contributed by atoms with van der Waals surface area (Å²) in [5.74, 6) is 0.739. The lowest BCUT2D eigenvalue weighted by Crippen LogP contribution is -2.36. The zero-order valence-corrected chi connectivity index (χ0v) is 18.0. The summed E-state index contributed by atoms with van der Waals surface area (Å²) >= 11 is 0. The molecule has 1 N–H and O–H groups in total. The smallest absolute Gasteiger partial charge is 0.251 e. The molecule has 1 heterocycles. The van der Waals surface area contributed by atoms with E-state index in [4.69, 9.17) is 4.74 Å². The third-order valence-corrected chi connectivity index (χ3v) is 5.32. The van der Waals surface area contributed by atoms with E-state index in [-0.39, 0.29) is 18.1 Å². The van der Waals surface area contributed by atoms with Gasteiger partial charge in [0.2, 0.25) is 0 Å². The van der Waals surface area contributed by atoms with E-state index in [9.17, 15) is 4.79 Å². The molecule has 156 valence electrons. The number of nitrogens with zero attached hydrogens (tertiary/aromatic N) is 2. The minimum Gasteiger partial charge on any atom is -0.491 e. The van der Waals surface area contributed by atoms with Gasteiger partial charge in [0.25, 0.3) is 5.91 Å². The van der Waals surface area contributed by atoms with Crippen molar-refractivity contribution < 1.29 is 9.53 Å². The first kappa shape index (κ1) is 21.2. The summed E-state index contributed by atoms with van der Waals surface area (Å²) in [5, 5.41) is 3.14. The van der Waals surface area contributed by atoms with Gasteiger partial charge < -0.3 is 15.0 Å². The van der Waals surface area contributed by atoms with Crippen molar-refractivity contribution in [1.29, 1.82) is 0 Å². The van der Waals surface area contributed by atoms with E-state index >= 15 is 0 Å². The van der Waals surface area contributed by atoms with Gasteiger partial charge >= 0.3 is 0 Å². The van der Waals surface area contributed by atoms with Crippen molar-refractivity contribution in [2.24, 2.45) is 0 Å². The molecule has 0 aliphatic carbocycles. The Kier molecular flexibility index (Phi) is 7.15. The van der Waals surface area contributed by atoms with Crippen molar-refractivity contribution in [3.8, 4) is 5.75 Å². The minimum absolute atomic E-state index is 0.0461. The maximum atomic E-state index is 12.7. The molecule has 1 aliphatic rings. The highest BCUT2D eigenvalue weighted by Crippen LogP contribution is 2.26. The molecule has 1 unspecified atom stereocenters. The molecule has 0 saturated carbocycles. The lowest BCUT2D eigenvalue weighted by atomic mass is 10.0. The van der Waals surface area contributed by atoms with Crippen molar-refractivity contribution in [2.75, 3.05) is 38.6 Å². The average Bonchev–Trinajstić information content (AvgIpc) is 3.23. The molecule has 0 aromatic heterocycles. The number of likely N-dealkylation sites (tertiary alicyclic amines) is 1. The fourth-order valence-corrected chi connectivity index (χ4v) is 3.75. The Morgan fingerprint density at radius 2 is 1.66 bits per heavy atom. The van der Waals surface area contributed by atoms with Crippen molar-refractivity contribution >= 4 is 11.6 Å². The van der Waals surface area contributed by atoms with Gasteiger partial charge in [0.1, 0.15) is 5.75 Å². The van der Waals surface area contributed by atoms with Crippen LogP contribution < -0.4 is 15.0 Å². The summed E-state index contributed by atoms with van der Waals surface area (Å²) in [7, 11) is 4.09. The van der Waals surface area contributed by atoms with E-state index in [1.165, 1.54) is 24.1 Å². The van der Waals surface area contributed by atoms with Gasteiger partial charge in [-0.1, -0.05) is 12.1 Å². The maximum Gasteiger partial charge on any atom is 0.251 e. The zero-order chi connectivity index (χ0) is 20.8. The van der Waals surface area contributed by atoms with E-state index in [0.29, 0.717) is 12.1 Å². The topological polar surface area (TPSA) is 44.8 Å². The van der Waals surface area contributed by atoms with Gasteiger partial charge in [-0.05, 0) is 81.7 Å². The van der Waals surface area contributed by atoms with Gasteiger partial charge in [-0.15, -0.1) is 0 Å². The molecule has 2 aromatic carbocycles. The number of anilines is 1. The number of ether oxygens (including phenoxy) is 1. The van der Waals surface area contributed by atoms with Crippen LogP contribution in [0.25, 0.3) is 0 Å². The van der Waals surface area contributed by atoms with E-state index in [1.807, 2.05) is 52.2 Å². The molecule has 0 spiro atoms. The predicted octanol–water partition coefficient (Wildman–Crippen LogP) is 4.11. The number of carbonyl (C=O) groups is 1. The van der Waals surface area contributed by atoms with Crippen molar-refractivity contribution in [2.45, 2.75) is 38.8 Å². The van der Waals surface area contributed by atoms with E-state index in [1.54, 1.807) is 0 Å². The Morgan fingerprint density at radius 3 is 2.21 bits per heavy atom. The molecule has 0 bridgehead atoms. The third kappa shape index (κ3) is 5.73. The number of hydrogen-bond acceptors (Lipinski definition) is 4. The van der Waals surface area contributed by atoms with Crippen LogP contribution >= 0.6 is 0 Å². The molecular weight excluding hydrogens is 362 g/mol. The second kappa shape index (κ2) is 9.79. The first-order valence-electron chi connectivity index (χ1n) is 10.5. The number of nitrogens with one attached hydrogen (secondary N) is 1. The van der Waals surface area contributed by atoms with Crippen LogP contribution in [0.4, 0.5) is 5.69 Å². The molecule has 0 radical (unpaired) electrons. The SMILES string of the molecule is CC(C)Oc1ccc(C(=O)NCC(c2ccc(N(C)C)cc2)N2CCCC2)cc1. The van der Waals surface area contributed by atoms with Gasteiger partial charge in [0.15, 0.2) is 0 Å². The quantitative estimate of drug-likeness (QED) is 0.731. The predicted molar refractivity (Wildman–Crippen MR) is 119 cm³/mol. The van der Waals surface area contributed by atoms with Crippen LogP contribution in [-0.2, 0) is 0 Å². The van der Waals surface area contributed by atoms with Gasteiger partial charge in [-0.2, -0.15) is 0 Å². The summed E-state index contributed by atoms with van der Waals surface area (Å²) in [6.07, 6.45) is 2.56. The standard InChI is InChI=1S/C24H33N3O2/c1-18(2)29-22-13-9-20(10-14-22)24(28)25-17-23(27-15-5-6-16-27)19-7-11-21(12-8-19)26(3)4/h7-14,18,23H,5-6,15-17H2,1-4H3,(H,25,28). The van der Waals surface area contributed by atoms with Crippen molar-refractivity contribution in [1.82, 2.24) is 10.2 Å². The number of amides is 1. The number of hydrogen-bond donors (Lipinski definition) is 1. The Balaban J connectivity index is 1.67. The number of carbonyl (C=O) groups excluding carboxylic acids is 1. The van der Waals surface area contributed by atoms with Gasteiger partial charge in [0, 0.05) is 31.9 Å². The molecule has 1 aliphatic heterocycles. The van der Waals surface area contributed by atoms with Crippen LogP contribution in [0.2, 0.25) is 0 Å². The maximum absolute atomic E-state index is 12.7. The van der Waals surface area contributed by atoms with Crippen LogP contribution in [0.5, 0.6) is 5.75 Å². The Morgan fingerprint density at radius 1 is 1.03 bits per heavy atom. The minimum atomic E-state index is -0.0461. The third-order valence-electron chi connectivity index (χ3n) is 5.32. The molecule has 1 saturated heterocycles. The molecule has 5 nitrogen and oxygen atoms in total. The largest absolute Gasteiger partial charge is 0.491 e. The fourth-order valence-electron chi connectivity index (χ4n) is 3.75. The Labute approximate surface area is 174 Å². The molecule has 1 atom stereocenters. The first-order chi connectivity index (χ1) is 13.9. The summed E-state index contributed by atoms with van der Waals surface area (Å²) < 4.78 is 5.66. The number of benzene rings is 2. The lowest BCUT2D eigenvalue weighted by Gasteiger charge is -2.28. The van der Waals surface area contributed by atoms with E-state index in [2.05, 4.69) is 39.4 Å². The van der Waals surface area contributed by atoms with Gasteiger partial charge in [-0.25, -0.2) is 0 Å². The summed E-state index contributed by atoms with van der Waals surface area (Å²) in [4.78, 5) is 17.3.